The van der Waals surface area contributed by atoms with Gasteiger partial charge in [0.15, 0.2) is 6.61 Å². The number of amides is 2. The van der Waals surface area contributed by atoms with E-state index in [0.717, 1.165) is 32.2 Å². The minimum Gasteiger partial charge on any atom is -0.482 e. The van der Waals surface area contributed by atoms with E-state index >= 15 is 0 Å². The van der Waals surface area contributed by atoms with Crippen molar-refractivity contribution in [1.29, 1.82) is 0 Å². The predicted octanol–water partition coefficient (Wildman–Crippen LogP) is 0.938. The molecule has 1 aromatic rings. The average molecular weight is 301 g/mol. The van der Waals surface area contributed by atoms with E-state index in [4.69, 9.17) is 4.74 Å². The van der Waals surface area contributed by atoms with Gasteiger partial charge in [0.25, 0.3) is 11.8 Å². The van der Waals surface area contributed by atoms with Crippen LogP contribution >= 0.6 is 0 Å². The van der Waals surface area contributed by atoms with E-state index in [1.54, 1.807) is 18.2 Å². The summed E-state index contributed by atoms with van der Waals surface area (Å²) in [5.41, 5.74) is 1.18. The van der Waals surface area contributed by atoms with Gasteiger partial charge in [-0.15, -0.1) is 0 Å². The lowest BCUT2D eigenvalue weighted by Gasteiger charge is -2.35. The van der Waals surface area contributed by atoms with E-state index in [9.17, 15) is 9.59 Å². The van der Waals surface area contributed by atoms with Gasteiger partial charge in [0, 0.05) is 37.8 Å². The number of hydrogen-bond acceptors (Lipinski definition) is 4. The van der Waals surface area contributed by atoms with Crippen LogP contribution in [0.25, 0.3) is 0 Å². The molecule has 0 radical (unpaired) electrons. The summed E-state index contributed by atoms with van der Waals surface area (Å²) >= 11 is 0. The number of fused-ring (bicyclic) bond motifs is 1. The van der Waals surface area contributed by atoms with Gasteiger partial charge in [-0.2, -0.15) is 0 Å². The molecule has 22 heavy (non-hydrogen) atoms. The fourth-order valence-corrected chi connectivity index (χ4v) is 3.13. The van der Waals surface area contributed by atoms with Crippen LogP contribution in [-0.2, 0) is 4.79 Å². The summed E-state index contributed by atoms with van der Waals surface area (Å²) in [6.45, 7) is 3.50. The van der Waals surface area contributed by atoms with E-state index < -0.39 is 0 Å². The normalized spacial score (nSPS) is 21.8. The number of piperazine rings is 1. The topological polar surface area (TPSA) is 61.9 Å². The molecule has 116 valence electrons. The third-order valence-electron chi connectivity index (χ3n) is 4.52. The predicted molar refractivity (Wildman–Crippen MR) is 81.1 cm³/mol. The Morgan fingerprint density at radius 1 is 1.18 bits per heavy atom. The zero-order chi connectivity index (χ0) is 15.1. The van der Waals surface area contributed by atoms with Crippen molar-refractivity contribution in [2.24, 2.45) is 0 Å². The molecule has 0 bridgehead atoms. The molecule has 1 aliphatic carbocycles. The van der Waals surface area contributed by atoms with Gasteiger partial charge in [0.2, 0.25) is 0 Å². The number of nitrogens with one attached hydrogen (secondary N) is 1. The van der Waals surface area contributed by atoms with Crippen molar-refractivity contribution in [2.45, 2.75) is 18.9 Å². The number of benzene rings is 1. The van der Waals surface area contributed by atoms with E-state index in [0.29, 0.717) is 17.0 Å². The lowest BCUT2D eigenvalue weighted by atomic mass is 10.1. The molecule has 2 aliphatic heterocycles. The molecule has 0 aromatic heterocycles. The molecule has 1 saturated carbocycles. The summed E-state index contributed by atoms with van der Waals surface area (Å²) in [5, 5.41) is 2.75. The summed E-state index contributed by atoms with van der Waals surface area (Å²) in [7, 11) is 0. The first-order valence-electron chi connectivity index (χ1n) is 7.81. The average Bonchev–Trinajstić information content (AvgIpc) is 3.38. The van der Waals surface area contributed by atoms with Gasteiger partial charge in [-0.1, -0.05) is 0 Å². The van der Waals surface area contributed by atoms with Gasteiger partial charge in [0.05, 0.1) is 5.69 Å². The third-order valence-corrected chi connectivity index (χ3v) is 4.52. The number of anilines is 1. The van der Waals surface area contributed by atoms with Crippen molar-refractivity contribution in [3.63, 3.8) is 0 Å². The van der Waals surface area contributed by atoms with Crippen LogP contribution in [0.3, 0.4) is 0 Å². The Balaban J connectivity index is 1.46. The van der Waals surface area contributed by atoms with Crippen LogP contribution in [0.1, 0.15) is 23.2 Å². The molecule has 1 aromatic carbocycles. The van der Waals surface area contributed by atoms with Crippen molar-refractivity contribution < 1.29 is 14.3 Å². The van der Waals surface area contributed by atoms with Crippen LogP contribution < -0.4 is 10.1 Å². The molecule has 3 aliphatic rings. The second-order valence-corrected chi connectivity index (χ2v) is 6.11. The van der Waals surface area contributed by atoms with E-state index in [1.807, 2.05) is 4.90 Å². The fraction of sp³-hybridized carbons (Fsp3) is 0.500. The Morgan fingerprint density at radius 2 is 1.95 bits per heavy atom. The van der Waals surface area contributed by atoms with Crippen LogP contribution in [-0.4, -0.2) is 60.4 Å². The number of nitrogens with zero attached hydrogens (tertiary/aromatic N) is 2. The highest BCUT2D eigenvalue weighted by Crippen LogP contribution is 2.30. The molecule has 6 heteroatoms. The lowest BCUT2D eigenvalue weighted by Crippen LogP contribution is -2.49. The van der Waals surface area contributed by atoms with Crippen molar-refractivity contribution in [3.05, 3.63) is 23.8 Å². The quantitative estimate of drug-likeness (QED) is 0.883. The smallest absolute Gasteiger partial charge is 0.262 e. The molecule has 0 unspecified atom stereocenters. The molecule has 6 nitrogen and oxygen atoms in total. The third kappa shape index (κ3) is 2.54. The minimum atomic E-state index is -0.185. The Labute approximate surface area is 129 Å². The maximum Gasteiger partial charge on any atom is 0.262 e. The minimum absolute atomic E-state index is 0.0260. The first-order chi connectivity index (χ1) is 10.7. The van der Waals surface area contributed by atoms with Crippen molar-refractivity contribution >= 4 is 17.5 Å². The van der Waals surface area contributed by atoms with Crippen LogP contribution in [0.2, 0.25) is 0 Å². The standard InChI is InChI=1S/C16H19N3O3/c20-15-10-22-14-4-1-11(9-13(14)17-15)16(21)19-7-5-18(6-8-19)12-2-3-12/h1,4,9,12H,2-3,5-8,10H2,(H,17,20). The highest BCUT2D eigenvalue weighted by atomic mass is 16.5. The Hall–Kier alpha value is -2.08. The van der Waals surface area contributed by atoms with Gasteiger partial charge in [0.1, 0.15) is 5.75 Å². The molecule has 1 saturated heterocycles. The maximum atomic E-state index is 12.6. The van der Waals surface area contributed by atoms with Crippen LogP contribution in [0, 0.1) is 0 Å². The van der Waals surface area contributed by atoms with E-state index in [1.165, 1.54) is 12.8 Å². The Kier molecular flexibility index (Phi) is 3.26. The zero-order valence-electron chi connectivity index (χ0n) is 12.4. The number of carbonyl (C=O) groups excluding carboxylic acids is 2. The molecule has 2 heterocycles. The van der Waals surface area contributed by atoms with Gasteiger partial charge >= 0.3 is 0 Å². The van der Waals surface area contributed by atoms with Crippen molar-refractivity contribution in [3.8, 4) is 5.75 Å². The second-order valence-electron chi connectivity index (χ2n) is 6.11. The number of carbonyl (C=O) groups is 2. The zero-order valence-corrected chi connectivity index (χ0v) is 12.4. The summed E-state index contributed by atoms with van der Waals surface area (Å²) in [6, 6.07) is 5.99. The Bertz CT molecular complexity index is 619. The molecule has 0 atom stereocenters. The second kappa shape index (κ2) is 5.28. The summed E-state index contributed by atoms with van der Waals surface area (Å²) in [5.74, 6) is 0.461. The van der Waals surface area contributed by atoms with Gasteiger partial charge in [-0.25, -0.2) is 0 Å². The molecule has 4 rings (SSSR count). The number of rotatable bonds is 2. The fourth-order valence-electron chi connectivity index (χ4n) is 3.13. The Morgan fingerprint density at radius 3 is 2.68 bits per heavy atom. The van der Waals surface area contributed by atoms with Crippen LogP contribution in [0.15, 0.2) is 18.2 Å². The van der Waals surface area contributed by atoms with Crippen LogP contribution in [0.5, 0.6) is 5.75 Å². The van der Waals surface area contributed by atoms with E-state index in [2.05, 4.69) is 10.2 Å². The summed E-state index contributed by atoms with van der Waals surface area (Å²) in [6.07, 6.45) is 2.61. The molecule has 2 amide bonds. The van der Waals surface area contributed by atoms with Gasteiger partial charge in [-0.05, 0) is 31.0 Å². The largest absolute Gasteiger partial charge is 0.482 e. The van der Waals surface area contributed by atoms with Crippen molar-refractivity contribution in [2.75, 3.05) is 38.1 Å². The van der Waals surface area contributed by atoms with Gasteiger partial charge < -0.3 is 15.0 Å². The van der Waals surface area contributed by atoms with Crippen LogP contribution in [0.4, 0.5) is 5.69 Å². The number of ether oxygens (including phenoxy) is 1. The monoisotopic (exact) mass is 301 g/mol. The first kappa shape index (κ1) is 13.6. The van der Waals surface area contributed by atoms with Crippen molar-refractivity contribution in [1.82, 2.24) is 9.80 Å². The molecule has 0 spiro atoms. The molecule has 1 N–H and O–H groups in total. The maximum absolute atomic E-state index is 12.6. The molecule has 2 fully saturated rings. The SMILES string of the molecule is O=C1COc2ccc(C(=O)N3CCN(C4CC4)CC3)cc2N1. The highest BCUT2D eigenvalue weighted by molar-refractivity contribution is 5.99. The number of hydrogen-bond donors (Lipinski definition) is 1. The van der Waals surface area contributed by atoms with E-state index in [-0.39, 0.29) is 18.4 Å². The highest BCUT2D eigenvalue weighted by Gasteiger charge is 2.32. The molecular weight excluding hydrogens is 282 g/mol. The summed E-state index contributed by atoms with van der Waals surface area (Å²) < 4.78 is 5.32. The summed E-state index contributed by atoms with van der Waals surface area (Å²) in [4.78, 5) is 28.4. The first-order valence-corrected chi connectivity index (χ1v) is 7.81. The molecular formula is C16H19N3O3. The lowest BCUT2D eigenvalue weighted by molar-refractivity contribution is -0.118. The van der Waals surface area contributed by atoms with Gasteiger partial charge in [-0.3, -0.25) is 14.5 Å².